The minimum Gasteiger partial charge on any atom is -0.497 e. The summed E-state index contributed by atoms with van der Waals surface area (Å²) in [4.78, 5) is 12.2. The van der Waals surface area contributed by atoms with E-state index in [1.54, 1.807) is 24.3 Å². The third-order valence-corrected chi connectivity index (χ3v) is 3.37. The first-order valence-electron chi connectivity index (χ1n) is 7.34. The molecule has 0 aliphatic heterocycles. The van der Waals surface area contributed by atoms with Crippen LogP contribution in [0.15, 0.2) is 35.3 Å². The van der Waals surface area contributed by atoms with E-state index in [4.69, 9.17) is 14.6 Å². The van der Waals surface area contributed by atoms with Crippen molar-refractivity contribution in [1.29, 1.82) is 0 Å². The van der Waals surface area contributed by atoms with E-state index in [-0.39, 0.29) is 6.54 Å². The van der Waals surface area contributed by atoms with Crippen molar-refractivity contribution >= 4 is 0 Å². The van der Waals surface area contributed by atoms with Crippen molar-refractivity contribution in [1.82, 2.24) is 9.78 Å². The maximum atomic E-state index is 13.3. The highest BCUT2D eigenvalue weighted by atomic mass is 19.4. The Kier molecular flexibility index (Phi) is 5.68. The predicted molar refractivity (Wildman–Crippen MR) is 82.8 cm³/mol. The smallest absolute Gasteiger partial charge is 0.425 e. The fourth-order valence-electron chi connectivity index (χ4n) is 2.09. The summed E-state index contributed by atoms with van der Waals surface area (Å²) >= 11 is 0. The maximum absolute atomic E-state index is 13.3. The summed E-state index contributed by atoms with van der Waals surface area (Å²) < 4.78 is 50.5. The van der Waals surface area contributed by atoms with Crippen LogP contribution in [0.1, 0.15) is 18.1 Å². The SMILES string of the molecule is COc1ccc(Cn2ncc(O[C@@H](C)CO)c(C(F)(F)F)c2=O)cc1. The van der Waals surface area contributed by atoms with Crippen LogP contribution in [0, 0.1) is 0 Å². The van der Waals surface area contributed by atoms with E-state index in [2.05, 4.69) is 5.10 Å². The molecule has 1 atom stereocenters. The van der Waals surface area contributed by atoms with Gasteiger partial charge in [-0.2, -0.15) is 18.3 Å². The van der Waals surface area contributed by atoms with E-state index < -0.39 is 35.8 Å². The minimum absolute atomic E-state index is 0.137. The molecular formula is C16H17F3N2O4. The Bertz CT molecular complexity index is 772. The molecule has 1 heterocycles. The zero-order valence-corrected chi connectivity index (χ0v) is 13.6. The predicted octanol–water partition coefficient (Wildman–Crippen LogP) is 2.08. The first kappa shape index (κ1) is 18.8. The highest BCUT2D eigenvalue weighted by Crippen LogP contribution is 2.33. The van der Waals surface area contributed by atoms with Gasteiger partial charge in [0.1, 0.15) is 11.9 Å². The number of methoxy groups -OCH3 is 1. The summed E-state index contributed by atoms with van der Waals surface area (Å²) in [6.07, 6.45) is -4.98. The van der Waals surface area contributed by atoms with Crippen LogP contribution in [-0.2, 0) is 12.7 Å². The summed E-state index contributed by atoms with van der Waals surface area (Å²) in [7, 11) is 1.49. The minimum atomic E-state index is -4.91. The van der Waals surface area contributed by atoms with E-state index in [0.717, 1.165) is 6.20 Å². The Labute approximate surface area is 141 Å². The van der Waals surface area contributed by atoms with Crippen molar-refractivity contribution in [2.24, 2.45) is 0 Å². The molecule has 0 unspecified atom stereocenters. The molecule has 1 N–H and O–H groups in total. The number of rotatable bonds is 6. The molecule has 2 aromatic rings. The van der Waals surface area contributed by atoms with Crippen LogP contribution in [0.5, 0.6) is 11.5 Å². The number of alkyl halides is 3. The molecule has 0 bridgehead atoms. The second kappa shape index (κ2) is 7.56. The summed E-state index contributed by atoms with van der Waals surface area (Å²) in [6.45, 7) is 0.747. The van der Waals surface area contributed by atoms with Gasteiger partial charge < -0.3 is 14.6 Å². The molecule has 0 saturated carbocycles. The molecule has 25 heavy (non-hydrogen) atoms. The second-order valence-corrected chi connectivity index (χ2v) is 5.30. The van der Waals surface area contributed by atoms with E-state index in [1.807, 2.05) is 0 Å². The molecule has 0 amide bonds. The monoisotopic (exact) mass is 358 g/mol. The maximum Gasteiger partial charge on any atom is 0.425 e. The van der Waals surface area contributed by atoms with Crippen LogP contribution in [0.3, 0.4) is 0 Å². The molecule has 2 rings (SSSR count). The van der Waals surface area contributed by atoms with E-state index in [1.165, 1.54) is 14.0 Å². The highest BCUT2D eigenvalue weighted by molar-refractivity contribution is 5.32. The van der Waals surface area contributed by atoms with Crippen molar-refractivity contribution in [2.45, 2.75) is 25.7 Å². The topological polar surface area (TPSA) is 73.6 Å². The highest BCUT2D eigenvalue weighted by Gasteiger charge is 2.39. The lowest BCUT2D eigenvalue weighted by atomic mass is 10.2. The number of hydrogen-bond donors (Lipinski definition) is 1. The van der Waals surface area contributed by atoms with Crippen LogP contribution in [-0.4, -0.2) is 34.7 Å². The van der Waals surface area contributed by atoms with Gasteiger partial charge in [0.25, 0.3) is 5.56 Å². The fourth-order valence-corrected chi connectivity index (χ4v) is 2.09. The molecule has 0 aliphatic rings. The number of benzene rings is 1. The van der Waals surface area contributed by atoms with Gasteiger partial charge >= 0.3 is 6.18 Å². The summed E-state index contributed by atoms with van der Waals surface area (Å²) in [5.41, 5.74) is -2.18. The van der Waals surface area contributed by atoms with Crippen LogP contribution in [0.25, 0.3) is 0 Å². The Morgan fingerprint density at radius 1 is 1.28 bits per heavy atom. The molecule has 1 aromatic heterocycles. The standard InChI is InChI=1S/C16H17F3N2O4/c1-10(9-22)25-13-7-20-21(15(23)14(13)16(17,18)19)8-11-3-5-12(24-2)6-4-11/h3-7,10,22H,8-9H2,1-2H3/t10-/m0/s1. The van der Waals surface area contributed by atoms with Gasteiger partial charge in [-0.1, -0.05) is 12.1 Å². The molecule has 0 spiro atoms. The second-order valence-electron chi connectivity index (χ2n) is 5.30. The van der Waals surface area contributed by atoms with Gasteiger partial charge in [-0.3, -0.25) is 4.79 Å². The molecule has 9 heteroatoms. The first-order valence-corrected chi connectivity index (χ1v) is 7.34. The lowest BCUT2D eigenvalue weighted by Crippen LogP contribution is -2.32. The largest absolute Gasteiger partial charge is 0.497 e. The first-order chi connectivity index (χ1) is 11.8. The number of nitrogens with zero attached hydrogens (tertiary/aromatic N) is 2. The Hall–Kier alpha value is -2.55. The van der Waals surface area contributed by atoms with Gasteiger partial charge in [-0.25, -0.2) is 4.68 Å². The third kappa shape index (κ3) is 4.50. The van der Waals surface area contributed by atoms with Crippen molar-refractivity contribution in [2.75, 3.05) is 13.7 Å². The number of hydrogen-bond acceptors (Lipinski definition) is 5. The van der Waals surface area contributed by atoms with Gasteiger partial charge in [-0.05, 0) is 24.6 Å². The average molecular weight is 358 g/mol. The molecule has 0 saturated heterocycles. The van der Waals surface area contributed by atoms with Crippen LogP contribution in [0.2, 0.25) is 0 Å². The summed E-state index contributed by atoms with van der Waals surface area (Å²) in [6, 6.07) is 6.51. The zero-order valence-electron chi connectivity index (χ0n) is 13.6. The fraction of sp³-hybridized carbons (Fsp3) is 0.375. The molecule has 6 nitrogen and oxygen atoms in total. The van der Waals surface area contributed by atoms with Gasteiger partial charge in [0, 0.05) is 0 Å². The number of aliphatic hydroxyl groups excluding tert-OH is 1. The van der Waals surface area contributed by atoms with Crippen molar-refractivity contribution in [3.05, 3.63) is 51.9 Å². The molecule has 0 radical (unpaired) electrons. The molecule has 0 aliphatic carbocycles. The summed E-state index contributed by atoms with van der Waals surface area (Å²) in [5.74, 6) is -0.119. The Morgan fingerprint density at radius 3 is 2.44 bits per heavy atom. The van der Waals surface area contributed by atoms with Gasteiger partial charge in [0.05, 0.1) is 26.5 Å². The van der Waals surface area contributed by atoms with Crippen LogP contribution in [0.4, 0.5) is 13.2 Å². The van der Waals surface area contributed by atoms with Crippen LogP contribution < -0.4 is 15.0 Å². The average Bonchev–Trinajstić information content (AvgIpc) is 2.56. The van der Waals surface area contributed by atoms with Crippen molar-refractivity contribution in [3.63, 3.8) is 0 Å². The molecule has 0 fully saturated rings. The number of halogens is 3. The third-order valence-electron chi connectivity index (χ3n) is 3.37. The van der Waals surface area contributed by atoms with Gasteiger partial charge in [0.2, 0.25) is 0 Å². The zero-order chi connectivity index (χ0) is 18.6. The molecule has 1 aromatic carbocycles. The Morgan fingerprint density at radius 2 is 1.92 bits per heavy atom. The molecular weight excluding hydrogens is 341 g/mol. The van der Waals surface area contributed by atoms with Crippen LogP contribution >= 0.6 is 0 Å². The number of aliphatic hydroxyl groups is 1. The Balaban J connectivity index is 2.41. The van der Waals surface area contributed by atoms with Gasteiger partial charge in [-0.15, -0.1) is 0 Å². The quantitative estimate of drug-likeness (QED) is 0.856. The lowest BCUT2D eigenvalue weighted by Gasteiger charge is -2.17. The van der Waals surface area contributed by atoms with E-state index >= 15 is 0 Å². The van der Waals surface area contributed by atoms with E-state index in [9.17, 15) is 18.0 Å². The normalized spacial score (nSPS) is 12.7. The number of ether oxygens (including phenoxy) is 2. The summed E-state index contributed by atoms with van der Waals surface area (Å²) in [5, 5.41) is 12.7. The van der Waals surface area contributed by atoms with Gasteiger partial charge in [0.15, 0.2) is 11.3 Å². The number of aromatic nitrogens is 2. The molecule has 136 valence electrons. The van der Waals surface area contributed by atoms with Crippen molar-refractivity contribution < 1.29 is 27.8 Å². The van der Waals surface area contributed by atoms with E-state index in [0.29, 0.717) is 16.0 Å². The lowest BCUT2D eigenvalue weighted by molar-refractivity contribution is -0.141. The van der Waals surface area contributed by atoms with Crippen molar-refractivity contribution in [3.8, 4) is 11.5 Å².